The molecule has 140 valence electrons. The van der Waals surface area contributed by atoms with Crippen LogP contribution in [-0.4, -0.2) is 47.6 Å². The summed E-state index contributed by atoms with van der Waals surface area (Å²) in [5, 5.41) is 2.37. The summed E-state index contributed by atoms with van der Waals surface area (Å²) >= 11 is 0.956. The fourth-order valence-corrected chi connectivity index (χ4v) is 2.86. The van der Waals surface area contributed by atoms with E-state index in [0.717, 1.165) is 23.9 Å². The van der Waals surface area contributed by atoms with Crippen molar-refractivity contribution in [2.24, 2.45) is 0 Å². The van der Waals surface area contributed by atoms with Gasteiger partial charge in [0.15, 0.2) is 6.61 Å². The molecule has 7 nitrogen and oxygen atoms in total. The number of aromatic nitrogens is 2. The van der Waals surface area contributed by atoms with Crippen LogP contribution in [0.4, 0.5) is 24.7 Å². The largest absolute Gasteiger partial charge is 0.464 e. The van der Waals surface area contributed by atoms with Crippen molar-refractivity contribution >= 4 is 29.1 Å². The number of hydrogen-bond acceptors (Lipinski definition) is 7. The highest BCUT2D eigenvalue weighted by Gasteiger charge is 2.30. The van der Waals surface area contributed by atoms with E-state index in [1.165, 1.54) is 12.1 Å². The van der Waals surface area contributed by atoms with Gasteiger partial charge >= 0.3 is 6.18 Å². The smallest absolute Gasteiger partial charge is 0.416 e. The summed E-state index contributed by atoms with van der Waals surface area (Å²) in [6.45, 7) is 2.01. The lowest BCUT2D eigenvalue weighted by atomic mass is 10.2. The van der Waals surface area contributed by atoms with Crippen LogP contribution >= 0.6 is 11.7 Å². The molecule has 1 aromatic carbocycles. The minimum absolute atomic E-state index is 0.0400. The number of morpholine rings is 1. The van der Waals surface area contributed by atoms with Gasteiger partial charge in [-0.05, 0) is 18.2 Å². The van der Waals surface area contributed by atoms with Gasteiger partial charge in [0, 0.05) is 18.8 Å². The number of nitrogens with zero attached hydrogens (tertiary/aromatic N) is 3. The Morgan fingerprint density at radius 1 is 1.31 bits per heavy atom. The first-order chi connectivity index (χ1) is 12.4. The monoisotopic (exact) mass is 388 g/mol. The van der Waals surface area contributed by atoms with Gasteiger partial charge in [-0.15, -0.1) is 4.37 Å². The fraction of sp³-hybridized carbons (Fsp3) is 0.400. The summed E-state index contributed by atoms with van der Waals surface area (Å²) in [7, 11) is 0. The molecule has 0 atom stereocenters. The van der Waals surface area contributed by atoms with E-state index < -0.39 is 17.6 Å². The topological polar surface area (TPSA) is 76.6 Å². The van der Waals surface area contributed by atoms with Crippen LogP contribution in [0.5, 0.6) is 5.88 Å². The predicted molar refractivity (Wildman–Crippen MR) is 88.5 cm³/mol. The summed E-state index contributed by atoms with van der Waals surface area (Å²) in [5.41, 5.74) is -0.798. The third kappa shape index (κ3) is 4.61. The second kappa shape index (κ2) is 7.87. The van der Waals surface area contributed by atoms with Crippen LogP contribution in [-0.2, 0) is 15.7 Å². The lowest BCUT2D eigenvalue weighted by Gasteiger charge is -2.26. The van der Waals surface area contributed by atoms with E-state index in [1.54, 1.807) is 0 Å². The highest BCUT2D eigenvalue weighted by molar-refractivity contribution is 6.99. The lowest BCUT2D eigenvalue weighted by molar-refractivity contribution is -0.137. The molecule has 0 unspecified atom stereocenters. The first-order valence-corrected chi connectivity index (χ1v) is 8.41. The van der Waals surface area contributed by atoms with Crippen molar-refractivity contribution in [3.8, 4) is 5.88 Å². The molecule has 0 spiro atoms. The molecule has 1 N–H and O–H groups in total. The van der Waals surface area contributed by atoms with Crippen molar-refractivity contribution < 1.29 is 27.4 Å². The van der Waals surface area contributed by atoms with Gasteiger partial charge in [-0.2, -0.15) is 17.5 Å². The van der Waals surface area contributed by atoms with E-state index >= 15 is 0 Å². The molecule has 1 saturated heterocycles. The summed E-state index contributed by atoms with van der Waals surface area (Å²) in [6, 6.07) is 4.39. The van der Waals surface area contributed by atoms with Gasteiger partial charge in [0.1, 0.15) is 0 Å². The van der Waals surface area contributed by atoms with Crippen LogP contribution in [0.2, 0.25) is 0 Å². The Labute approximate surface area is 151 Å². The average molecular weight is 388 g/mol. The summed E-state index contributed by atoms with van der Waals surface area (Å²) in [5.74, 6) is 0.159. The van der Waals surface area contributed by atoms with Crippen LogP contribution in [0.3, 0.4) is 0 Å². The third-order valence-electron chi connectivity index (χ3n) is 3.57. The third-order valence-corrected chi connectivity index (χ3v) is 4.07. The standard InChI is InChI=1S/C15H15F3N4O3S/c16-15(17,18)10-2-1-3-11(8-10)19-12(23)9-25-14-13(20-26-21-14)22-4-6-24-7-5-22/h1-3,8H,4-7,9H2,(H,19,23). The number of ether oxygens (including phenoxy) is 2. The van der Waals surface area contributed by atoms with Crippen molar-refractivity contribution in [3.63, 3.8) is 0 Å². The molecule has 0 saturated carbocycles. The van der Waals surface area contributed by atoms with Gasteiger partial charge in [-0.25, -0.2) is 0 Å². The van der Waals surface area contributed by atoms with E-state index in [1.807, 2.05) is 4.90 Å². The van der Waals surface area contributed by atoms with Crippen LogP contribution in [0.15, 0.2) is 24.3 Å². The maximum Gasteiger partial charge on any atom is 0.416 e. The Bertz CT molecular complexity index is 763. The van der Waals surface area contributed by atoms with Crippen LogP contribution in [0.1, 0.15) is 5.56 Å². The Morgan fingerprint density at radius 3 is 2.81 bits per heavy atom. The number of carbonyl (C=O) groups excluding carboxylic acids is 1. The number of amides is 1. The van der Waals surface area contributed by atoms with Gasteiger partial charge < -0.3 is 19.7 Å². The average Bonchev–Trinajstić information content (AvgIpc) is 3.09. The van der Waals surface area contributed by atoms with Gasteiger partial charge in [-0.1, -0.05) is 6.07 Å². The molecule has 3 rings (SSSR count). The second-order valence-corrected chi connectivity index (χ2v) is 5.94. The molecule has 11 heteroatoms. The van der Waals surface area contributed by atoms with E-state index in [9.17, 15) is 18.0 Å². The van der Waals surface area contributed by atoms with Crippen molar-refractivity contribution in [2.45, 2.75) is 6.18 Å². The predicted octanol–water partition coefficient (Wildman–Crippen LogP) is 2.41. The minimum atomic E-state index is -4.48. The Kier molecular flexibility index (Phi) is 5.57. The first-order valence-electron chi connectivity index (χ1n) is 7.68. The number of anilines is 2. The molecule has 1 aliphatic heterocycles. The van der Waals surface area contributed by atoms with Crippen molar-refractivity contribution in [1.82, 2.24) is 8.75 Å². The van der Waals surface area contributed by atoms with Gasteiger partial charge in [0.25, 0.3) is 11.8 Å². The zero-order chi connectivity index (χ0) is 18.6. The first kappa shape index (κ1) is 18.4. The molecule has 0 bridgehead atoms. The van der Waals surface area contributed by atoms with E-state index in [0.29, 0.717) is 32.1 Å². The van der Waals surface area contributed by atoms with E-state index in [-0.39, 0.29) is 18.2 Å². The lowest BCUT2D eigenvalue weighted by Crippen LogP contribution is -2.36. The maximum absolute atomic E-state index is 12.7. The summed E-state index contributed by atoms with van der Waals surface area (Å²) < 4.78 is 56.9. The molecular formula is C15H15F3N4O3S. The van der Waals surface area contributed by atoms with Crippen LogP contribution in [0, 0.1) is 0 Å². The van der Waals surface area contributed by atoms with Crippen molar-refractivity contribution in [1.29, 1.82) is 0 Å². The zero-order valence-electron chi connectivity index (χ0n) is 13.5. The Balaban J connectivity index is 1.58. The second-order valence-electron chi connectivity index (χ2n) is 5.41. The molecule has 1 aromatic heterocycles. The molecular weight excluding hydrogens is 373 g/mol. The van der Waals surface area contributed by atoms with Gasteiger partial charge in [0.05, 0.1) is 30.5 Å². The number of rotatable bonds is 5. The number of hydrogen-bond donors (Lipinski definition) is 1. The molecule has 1 aliphatic rings. The quantitative estimate of drug-likeness (QED) is 0.848. The maximum atomic E-state index is 12.7. The number of carbonyl (C=O) groups is 1. The Morgan fingerprint density at radius 2 is 2.08 bits per heavy atom. The number of nitrogens with one attached hydrogen (secondary N) is 1. The van der Waals surface area contributed by atoms with Crippen LogP contribution in [0.25, 0.3) is 0 Å². The summed E-state index contributed by atoms with van der Waals surface area (Å²) in [4.78, 5) is 13.9. The highest BCUT2D eigenvalue weighted by atomic mass is 32.1. The zero-order valence-corrected chi connectivity index (χ0v) is 14.3. The molecule has 1 amide bonds. The van der Waals surface area contributed by atoms with Gasteiger partial charge in [-0.3, -0.25) is 4.79 Å². The Hall–Kier alpha value is -2.40. The van der Waals surface area contributed by atoms with Crippen molar-refractivity contribution in [3.05, 3.63) is 29.8 Å². The summed E-state index contributed by atoms with van der Waals surface area (Å²) in [6.07, 6.45) is -4.48. The SMILES string of the molecule is O=C(COc1nsnc1N1CCOCC1)Nc1cccc(C(F)(F)F)c1. The number of benzene rings is 1. The van der Waals surface area contributed by atoms with Crippen LogP contribution < -0.4 is 15.0 Å². The minimum Gasteiger partial charge on any atom is -0.464 e. The molecule has 2 heterocycles. The number of alkyl halides is 3. The normalized spacial score (nSPS) is 15.0. The molecule has 1 fully saturated rings. The number of halogens is 3. The fourth-order valence-electron chi connectivity index (χ4n) is 2.34. The van der Waals surface area contributed by atoms with E-state index in [2.05, 4.69) is 14.1 Å². The molecule has 26 heavy (non-hydrogen) atoms. The molecule has 0 aliphatic carbocycles. The molecule has 2 aromatic rings. The van der Waals surface area contributed by atoms with Gasteiger partial charge in [0.2, 0.25) is 5.82 Å². The van der Waals surface area contributed by atoms with Crippen molar-refractivity contribution in [2.75, 3.05) is 43.1 Å². The highest BCUT2D eigenvalue weighted by Crippen LogP contribution is 2.30. The van der Waals surface area contributed by atoms with E-state index in [4.69, 9.17) is 9.47 Å². The molecule has 0 radical (unpaired) electrons.